The van der Waals surface area contributed by atoms with Crippen LogP contribution >= 0.6 is 0 Å². The maximum atomic E-state index is 12.4. The van der Waals surface area contributed by atoms with E-state index in [4.69, 9.17) is 4.74 Å². The van der Waals surface area contributed by atoms with Gasteiger partial charge in [0.2, 0.25) is 0 Å². The number of ether oxygens (including phenoxy) is 1. The van der Waals surface area contributed by atoms with Gasteiger partial charge in [-0.1, -0.05) is 18.2 Å². The van der Waals surface area contributed by atoms with Gasteiger partial charge < -0.3 is 15.0 Å². The molecule has 0 aliphatic heterocycles. The van der Waals surface area contributed by atoms with Crippen molar-refractivity contribution in [2.24, 2.45) is 0 Å². The second kappa shape index (κ2) is 8.82. The van der Waals surface area contributed by atoms with Gasteiger partial charge in [-0.2, -0.15) is 0 Å². The first-order chi connectivity index (χ1) is 14.6. The summed E-state index contributed by atoms with van der Waals surface area (Å²) in [6.45, 7) is 4.62. The minimum absolute atomic E-state index is 0.136. The zero-order valence-electron chi connectivity index (χ0n) is 17.2. The summed E-state index contributed by atoms with van der Waals surface area (Å²) in [5.74, 6) is 1.62. The zero-order valence-corrected chi connectivity index (χ0v) is 17.2. The van der Waals surface area contributed by atoms with Crippen LogP contribution in [0.5, 0.6) is 5.75 Å². The molecule has 0 radical (unpaired) electrons. The van der Waals surface area contributed by atoms with E-state index in [0.29, 0.717) is 12.2 Å². The minimum Gasteiger partial charge on any atom is -0.494 e. The monoisotopic (exact) mass is 399 g/mol. The SMILES string of the molecule is CCOc1ccc(C(=O)Nc2ccc(CCc3nc4ccc(C)cc4[nH]3)cc2)cc1. The first-order valence-electron chi connectivity index (χ1n) is 10.2. The van der Waals surface area contributed by atoms with Crippen molar-refractivity contribution in [3.05, 3.63) is 89.2 Å². The molecule has 152 valence electrons. The van der Waals surface area contributed by atoms with Gasteiger partial charge in [-0.25, -0.2) is 4.98 Å². The Morgan fingerprint density at radius 2 is 1.77 bits per heavy atom. The molecule has 5 heteroatoms. The van der Waals surface area contributed by atoms with Gasteiger partial charge in [-0.15, -0.1) is 0 Å². The lowest BCUT2D eigenvalue weighted by molar-refractivity contribution is 0.102. The van der Waals surface area contributed by atoms with Gasteiger partial charge in [0.25, 0.3) is 5.91 Å². The molecule has 0 bridgehead atoms. The van der Waals surface area contributed by atoms with Crippen LogP contribution in [0.25, 0.3) is 11.0 Å². The summed E-state index contributed by atoms with van der Waals surface area (Å²) in [6, 6.07) is 21.3. The second-order valence-corrected chi connectivity index (χ2v) is 7.31. The Balaban J connectivity index is 1.34. The molecule has 0 atom stereocenters. The lowest BCUT2D eigenvalue weighted by atomic mass is 10.1. The fraction of sp³-hybridized carbons (Fsp3) is 0.200. The highest BCUT2D eigenvalue weighted by Crippen LogP contribution is 2.17. The summed E-state index contributed by atoms with van der Waals surface area (Å²) < 4.78 is 5.41. The predicted octanol–water partition coefficient (Wildman–Crippen LogP) is 5.31. The van der Waals surface area contributed by atoms with Crippen LogP contribution in [0.4, 0.5) is 5.69 Å². The second-order valence-electron chi connectivity index (χ2n) is 7.31. The van der Waals surface area contributed by atoms with E-state index < -0.39 is 0 Å². The molecule has 0 aliphatic carbocycles. The van der Waals surface area contributed by atoms with Gasteiger partial charge in [0.15, 0.2) is 0 Å². The van der Waals surface area contributed by atoms with Crippen molar-refractivity contribution in [2.45, 2.75) is 26.7 Å². The van der Waals surface area contributed by atoms with E-state index in [9.17, 15) is 4.79 Å². The third-order valence-electron chi connectivity index (χ3n) is 4.98. The molecular formula is C25H25N3O2. The Morgan fingerprint density at radius 3 is 2.50 bits per heavy atom. The Labute approximate surface area is 176 Å². The van der Waals surface area contributed by atoms with Crippen LogP contribution in [0, 0.1) is 6.92 Å². The zero-order chi connectivity index (χ0) is 20.9. The quantitative estimate of drug-likeness (QED) is 0.443. The topological polar surface area (TPSA) is 67.0 Å². The number of hydrogen-bond donors (Lipinski definition) is 2. The maximum absolute atomic E-state index is 12.4. The summed E-state index contributed by atoms with van der Waals surface area (Å²) in [6.07, 6.45) is 1.72. The van der Waals surface area contributed by atoms with Gasteiger partial charge in [0.05, 0.1) is 17.6 Å². The number of aromatic nitrogens is 2. The maximum Gasteiger partial charge on any atom is 0.255 e. The van der Waals surface area contributed by atoms with Crippen LogP contribution in [0.3, 0.4) is 0 Å². The van der Waals surface area contributed by atoms with Crippen LogP contribution < -0.4 is 10.1 Å². The average molecular weight is 399 g/mol. The number of nitrogens with zero attached hydrogens (tertiary/aromatic N) is 1. The molecule has 30 heavy (non-hydrogen) atoms. The molecule has 1 aromatic heterocycles. The minimum atomic E-state index is -0.136. The van der Waals surface area contributed by atoms with E-state index in [2.05, 4.69) is 34.3 Å². The molecule has 2 N–H and O–H groups in total. The van der Waals surface area contributed by atoms with E-state index >= 15 is 0 Å². The molecular weight excluding hydrogens is 374 g/mol. The van der Waals surface area contributed by atoms with Crippen LogP contribution in [0.1, 0.15) is 34.2 Å². The molecule has 0 fully saturated rings. The molecule has 0 unspecified atom stereocenters. The molecule has 0 saturated carbocycles. The van der Waals surface area contributed by atoms with Crippen molar-refractivity contribution < 1.29 is 9.53 Å². The Morgan fingerprint density at radius 1 is 1.00 bits per heavy atom. The highest BCUT2D eigenvalue weighted by atomic mass is 16.5. The standard InChI is InChI=1S/C25H25N3O2/c1-3-30-21-12-8-19(9-13-21)25(29)26-20-10-5-18(6-11-20)7-15-24-27-22-14-4-17(2)16-23(22)28-24/h4-6,8-14,16H,3,7,15H2,1-2H3,(H,26,29)(H,27,28). The highest BCUT2D eigenvalue weighted by Gasteiger charge is 2.07. The summed E-state index contributed by atoms with van der Waals surface area (Å²) in [7, 11) is 0. The van der Waals surface area contributed by atoms with Gasteiger partial charge >= 0.3 is 0 Å². The largest absolute Gasteiger partial charge is 0.494 e. The number of fused-ring (bicyclic) bond motifs is 1. The first-order valence-corrected chi connectivity index (χ1v) is 10.2. The fourth-order valence-corrected chi connectivity index (χ4v) is 3.38. The third kappa shape index (κ3) is 4.69. The molecule has 3 aromatic carbocycles. The van der Waals surface area contributed by atoms with E-state index in [-0.39, 0.29) is 5.91 Å². The predicted molar refractivity (Wildman–Crippen MR) is 120 cm³/mol. The molecule has 5 nitrogen and oxygen atoms in total. The van der Waals surface area contributed by atoms with Crippen molar-refractivity contribution in [1.82, 2.24) is 9.97 Å². The number of aryl methyl sites for hydroxylation is 3. The summed E-state index contributed by atoms with van der Waals surface area (Å²) in [4.78, 5) is 20.5. The summed E-state index contributed by atoms with van der Waals surface area (Å²) in [5.41, 5.74) is 5.88. The number of benzene rings is 3. The van der Waals surface area contributed by atoms with Gasteiger partial charge in [0.1, 0.15) is 11.6 Å². The number of rotatable bonds is 7. The van der Waals surface area contributed by atoms with Crippen molar-refractivity contribution in [2.75, 3.05) is 11.9 Å². The van der Waals surface area contributed by atoms with Crippen molar-refractivity contribution in [3.63, 3.8) is 0 Å². The molecule has 4 rings (SSSR count). The van der Waals surface area contributed by atoms with Gasteiger partial charge in [-0.05, 0) is 79.9 Å². The Hall–Kier alpha value is -3.60. The molecule has 4 aromatic rings. The third-order valence-corrected chi connectivity index (χ3v) is 4.98. The van der Waals surface area contributed by atoms with E-state index in [1.165, 1.54) is 11.1 Å². The van der Waals surface area contributed by atoms with Crippen molar-refractivity contribution in [1.29, 1.82) is 0 Å². The summed E-state index contributed by atoms with van der Waals surface area (Å²) in [5, 5.41) is 2.94. The van der Waals surface area contributed by atoms with Gasteiger partial charge in [0, 0.05) is 17.7 Å². The van der Waals surface area contributed by atoms with Crippen LogP contribution in [0.2, 0.25) is 0 Å². The lowest BCUT2D eigenvalue weighted by Crippen LogP contribution is -2.11. The van der Waals surface area contributed by atoms with Crippen LogP contribution in [-0.2, 0) is 12.8 Å². The molecule has 0 saturated heterocycles. The number of hydrogen-bond acceptors (Lipinski definition) is 3. The lowest BCUT2D eigenvalue weighted by Gasteiger charge is -2.08. The molecule has 1 heterocycles. The van der Waals surface area contributed by atoms with Crippen LogP contribution in [-0.4, -0.2) is 22.5 Å². The highest BCUT2D eigenvalue weighted by molar-refractivity contribution is 6.04. The average Bonchev–Trinajstić information content (AvgIpc) is 3.16. The van der Waals surface area contributed by atoms with Gasteiger partial charge in [-0.3, -0.25) is 4.79 Å². The molecule has 1 amide bonds. The van der Waals surface area contributed by atoms with Crippen LogP contribution in [0.15, 0.2) is 66.7 Å². The number of anilines is 1. The molecule has 0 spiro atoms. The number of carbonyl (C=O) groups excluding carboxylic acids is 1. The number of carbonyl (C=O) groups is 1. The first kappa shape index (κ1) is 19.7. The van der Waals surface area contributed by atoms with Crippen molar-refractivity contribution >= 4 is 22.6 Å². The summed E-state index contributed by atoms with van der Waals surface area (Å²) >= 11 is 0. The number of nitrogens with one attached hydrogen (secondary N) is 2. The number of H-pyrrole nitrogens is 1. The van der Waals surface area contributed by atoms with E-state index in [1.807, 2.05) is 37.3 Å². The number of imidazole rings is 1. The fourth-order valence-electron chi connectivity index (χ4n) is 3.38. The Kier molecular flexibility index (Phi) is 5.80. The number of aromatic amines is 1. The smallest absolute Gasteiger partial charge is 0.255 e. The molecule has 0 aliphatic rings. The van der Waals surface area contributed by atoms with E-state index in [0.717, 1.165) is 41.1 Å². The number of amides is 1. The Bertz CT molecular complexity index is 1150. The van der Waals surface area contributed by atoms with E-state index in [1.54, 1.807) is 24.3 Å². The normalized spacial score (nSPS) is 10.9. The van der Waals surface area contributed by atoms with Crippen molar-refractivity contribution in [3.8, 4) is 5.75 Å².